The number of likely N-dealkylation sites (N-methyl/N-ethyl adjacent to an activating group) is 1. The molecule has 2 nitrogen and oxygen atoms in total. The Morgan fingerprint density at radius 3 is 2.24 bits per heavy atom. The summed E-state index contributed by atoms with van der Waals surface area (Å²) in [6.45, 7) is 7.37. The van der Waals surface area contributed by atoms with E-state index in [0.29, 0.717) is 6.04 Å². The van der Waals surface area contributed by atoms with Gasteiger partial charge >= 0.3 is 0 Å². The Hall–Kier alpha value is -0.340. The predicted octanol–water partition coefficient (Wildman–Crippen LogP) is 3.20. The van der Waals surface area contributed by atoms with Crippen molar-refractivity contribution in [3.8, 4) is 0 Å². The summed E-state index contributed by atoms with van der Waals surface area (Å²) in [5.74, 6) is 0. The van der Waals surface area contributed by atoms with Crippen LogP contribution in [0.2, 0.25) is 0 Å². The van der Waals surface area contributed by atoms with Crippen LogP contribution in [0, 0.1) is 0 Å². The third-order valence-corrected chi connectivity index (χ3v) is 4.29. The first-order valence-corrected chi connectivity index (χ1v) is 7.20. The lowest BCUT2D eigenvalue weighted by atomic mass is 9.81. The molecule has 0 aliphatic heterocycles. The van der Waals surface area contributed by atoms with Gasteiger partial charge in [0.15, 0.2) is 0 Å². The molecular weight excluding hydrogens is 208 g/mol. The smallest absolute Gasteiger partial charge is 0.0433 e. The second-order valence-corrected chi connectivity index (χ2v) is 5.58. The molecule has 17 heavy (non-hydrogen) atoms. The summed E-state index contributed by atoms with van der Waals surface area (Å²) in [6, 6.07) is 0.426. The van der Waals surface area contributed by atoms with E-state index >= 15 is 0 Å². The highest BCUT2D eigenvalue weighted by molar-refractivity contribution is 5.07. The average molecular weight is 238 g/mol. The van der Waals surface area contributed by atoms with Gasteiger partial charge in [0.05, 0.1) is 0 Å². The summed E-state index contributed by atoms with van der Waals surface area (Å²) >= 11 is 0. The third-order valence-electron chi connectivity index (χ3n) is 4.29. The molecule has 2 heteroatoms. The fourth-order valence-corrected chi connectivity index (χ4v) is 3.17. The van der Waals surface area contributed by atoms with E-state index in [2.05, 4.69) is 43.9 Å². The molecule has 0 saturated heterocycles. The highest BCUT2D eigenvalue weighted by Crippen LogP contribution is 2.34. The largest absolute Gasteiger partial charge is 0.309 e. The lowest BCUT2D eigenvalue weighted by molar-refractivity contribution is 0.0990. The quantitative estimate of drug-likeness (QED) is 0.565. The average Bonchev–Trinajstić information content (AvgIpc) is 2.57. The lowest BCUT2D eigenvalue weighted by Crippen LogP contribution is -2.58. The first kappa shape index (κ1) is 14.7. The minimum Gasteiger partial charge on any atom is -0.309 e. The van der Waals surface area contributed by atoms with Crippen LogP contribution in [0.1, 0.15) is 51.9 Å². The maximum absolute atomic E-state index is 4.06. The maximum atomic E-state index is 4.06. The van der Waals surface area contributed by atoms with Gasteiger partial charge in [-0.2, -0.15) is 0 Å². The zero-order valence-corrected chi connectivity index (χ0v) is 12.0. The fourth-order valence-electron chi connectivity index (χ4n) is 3.17. The molecule has 1 rings (SSSR count). The predicted molar refractivity (Wildman–Crippen MR) is 76.4 cm³/mol. The topological polar surface area (TPSA) is 15.3 Å². The van der Waals surface area contributed by atoms with Crippen molar-refractivity contribution in [1.82, 2.24) is 10.2 Å². The van der Waals surface area contributed by atoms with Crippen LogP contribution in [-0.2, 0) is 0 Å². The van der Waals surface area contributed by atoms with Crippen LogP contribution in [0.4, 0.5) is 0 Å². The van der Waals surface area contributed by atoms with Gasteiger partial charge in [0, 0.05) is 11.6 Å². The Labute approximate surface area is 107 Å². The zero-order valence-electron chi connectivity index (χ0n) is 12.0. The van der Waals surface area contributed by atoms with Crippen molar-refractivity contribution in [3.63, 3.8) is 0 Å². The molecule has 1 aliphatic carbocycles. The summed E-state index contributed by atoms with van der Waals surface area (Å²) < 4.78 is 0. The molecule has 100 valence electrons. The van der Waals surface area contributed by atoms with Crippen LogP contribution in [0.15, 0.2) is 12.7 Å². The second-order valence-electron chi connectivity index (χ2n) is 5.58. The van der Waals surface area contributed by atoms with Crippen molar-refractivity contribution in [3.05, 3.63) is 12.7 Å². The maximum Gasteiger partial charge on any atom is 0.0433 e. The van der Waals surface area contributed by atoms with Gasteiger partial charge in [-0.25, -0.2) is 0 Å². The fraction of sp³-hybridized carbons (Fsp3) is 0.867. The Morgan fingerprint density at radius 2 is 1.82 bits per heavy atom. The molecule has 1 saturated carbocycles. The Balaban J connectivity index is 2.82. The minimum atomic E-state index is 0.285. The molecule has 1 atom stereocenters. The molecular formula is C15H30N2. The lowest BCUT2D eigenvalue weighted by Gasteiger charge is -2.45. The molecule has 0 bridgehead atoms. The summed E-state index contributed by atoms with van der Waals surface area (Å²) in [5.41, 5.74) is 0.285. The van der Waals surface area contributed by atoms with E-state index in [4.69, 9.17) is 0 Å². The zero-order chi connectivity index (χ0) is 12.7. The standard InChI is InChI=1S/C15H30N2/c1-5-13-16-14(6-2)15(17(3)4)11-9-7-8-10-12-15/h6,14,16H,2,5,7-13H2,1,3-4H3. The molecule has 1 N–H and O–H groups in total. The molecule has 1 unspecified atom stereocenters. The van der Waals surface area contributed by atoms with Crippen molar-refractivity contribution in [2.75, 3.05) is 20.6 Å². The highest BCUT2D eigenvalue weighted by atomic mass is 15.2. The SMILES string of the molecule is C=CC(NCCC)C1(N(C)C)CCCCCC1. The van der Waals surface area contributed by atoms with E-state index in [1.807, 2.05) is 0 Å². The summed E-state index contributed by atoms with van der Waals surface area (Å²) in [5, 5.41) is 3.68. The van der Waals surface area contributed by atoms with E-state index in [1.54, 1.807) is 0 Å². The van der Waals surface area contributed by atoms with E-state index in [9.17, 15) is 0 Å². The normalized spacial score (nSPS) is 22.1. The first-order chi connectivity index (χ1) is 8.17. The Morgan fingerprint density at radius 1 is 1.24 bits per heavy atom. The van der Waals surface area contributed by atoms with Crippen LogP contribution in [0.25, 0.3) is 0 Å². The molecule has 0 spiro atoms. The van der Waals surface area contributed by atoms with Gasteiger partial charge in [0.25, 0.3) is 0 Å². The van der Waals surface area contributed by atoms with Crippen molar-refractivity contribution >= 4 is 0 Å². The van der Waals surface area contributed by atoms with E-state index in [0.717, 1.165) is 6.54 Å². The second kappa shape index (κ2) is 7.17. The van der Waals surface area contributed by atoms with Crippen LogP contribution in [-0.4, -0.2) is 37.1 Å². The van der Waals surface area contributed by atoms with Crippen LogP contribution in [0.5, 0.6) is 0 Å². The molecule has 1 fully saturated rings. The van der Waals surface area contributed by atoms with Crippen molar-refractivity contribution in [2.45, 2.75) is 63.5 Å². The highest BCUT2D eigenvalue weighted by Gasteiger charge is 2.38. The van der Waals surface area contributed by atoms with Gasteiger partial charge in [-0.3, -0.25) is 0 Å². The van der Waals surface area contributed by atoms with Gasteiger partial charge < -0.3 is 10.2 Å². The van der Waals surface area contributed by atoms with E-state index in [1.165, 1.54) is 44.9 Å². The minimum absolute atomic E-state index is 0.285. The molecule has 1 aliphatic rings. The van der Waals surface area contributed by atoms with Crippen molar-refractivity contribution in [2.24, 2.45) is 0 Å². The van der Waals surface area contributed by atoms with Gasteiger partial charge in [0.1, 0.15) is 0 Å². The van der Waals surface area contributed by atoms with Crippen molar-refractivity contribution < 1.29 is 0 Å². The van der Waals surface area contributed by atoms with Gasteiger partial charge in [-0.1, -0.05) is 38.7 Å². The Bertz CT molecular complexity index is 215. The summed E-state index contributed by atoms with van der Waals surface area (Å²) in [6.07, 6.45) is 11.4. The number of rotatable bonds is 6. The number of hydrogen-bond donors (Lipinski definition) is 1. The molecule has 0 aromatic carbocycles. The molecule has 0 aromatic rings. The van der Waals surface area contributed by atoms with Crippen molar-refractivity contribution in [1.29, 1.82) is 0 Å². The Kier molecular flexibility index (Phi) is 6.21. The van der Waals surface area contributed by atoms with Crippen LogP contribution in [0.3, 0.4) is 0 Å². The number of hydrogen-bond acceptors (Lipinski definition) is 2. The number of nitrogens with one attached hydrogen (secondary N) is 1. The van der Waals surface area contributed by atoms with Crippen LogP contribution < -0.4 is 5.32 Å². The summed E-state index contributed by atoms with van der Waals surface area (Å²) in [7, 11) is 4.46. The van der Waals surface area contributed by atoms with Gasteiger partial charge in [-0.05, 0) is 39.9 Å². The molecule has 0 amide bonds. The van der Waals surface area contributed by atoms with Gasteiger partial charge in [0.2, 0.25) is 0 Å². The van der Waals surface area contributed by atoms with Gasteiger partial charge in [-0.15, -0.1) is 6.58 Å². The van der Waals surface area contributed by atoms with E-state index < -0.39 is 0 Å². The molecule has 0 heterocycles. The monoisotopic (exact) mass is 238 g/mol. The van der Waals surface area contributed by atoms with Crippen LogP contribution >= 0.6 is 0 Å². The first-order valence-electron chi connectivity index (χ1n) is 7.20. The molecule has 0 radical (unpaired) electrons. The number of nitrogens with zero attached hydrogens (tertiary/aromatic N) is 1. The summed E-state index contributed by atoms with van der Waals surface area (Å²) in [4.78, 5) is 2.44. The van der Waals surface area contributed by atoms with E-state index in [-0.39, 0.29) is 5.54 Å². The molecule has 0 aromatic heterocycles. The third kappa shape index (κ3) is 3.56.